The fourth-order valence-electron chi connectivity index (χ4n) is 2.31. The van der Waals surface area contributed by atoms with Gasteiger partial charge in [-0.2, -0.15) is 105 Å². The summed E-state index contributed by atoms with van der Waals surface area (Å²) in [6.45, 7) is -1.49. The average molecular weight is 725 g/mol. The smallest absolute Gasteiger partial charge is 0.281 e. The Labute approximate surface area is 227 Å². The van der Waals surface area contributed by atoms with Crippen molar-refractivity contribution in [3.8, 4) is 0 Å². The van der Waals surface area contributed by atoms with Crippen molar-refractivity contribution in [3.05, 3.63) is 30.6 Å². The first-order valence-corrected chi connectivity index (χ1v) is 11.2. The fraction of sp³-hybridized carbons (Fsp3) is 0.706. The Morgan fingerprint density at radius 3 is 0.818 bits per heavy atom. The number of hydrogen-bond acceptors (Lipinski definition) is 3. The van der Waals surface area contributed by atoms with Gasteiger partial charge in [-0.25, -0.2) is 0 Å². The van der Waals surface area contributed by atoms with E-state index in [2.05, 4.69) is 4.98 Å². The van der Waals surface area contributed by atoms with Gasteiger partial charge in [0, 0.05) is 19.3 Å². The molecule has 0 atom stereocenters. The molecule has 0 aromatic carbocycles. The Morgan fingerprint density at radius 2 is 0.659 bits per heavy atom. The molecule has 4 nitrogen and oxygen atoms in total. The summed E-state index contributed by atoms with van der Waals surface area (Å²) in [6, 6.07) is 5.72. The molecule has 44 heavy (non-hydrogen) atoms. The highest BCUT2D eigenvalue weighted by atomic mass is 32.2. The van der Waals surface area contributed by atoms with Crippen molar-refractivity contribution in [1.29, 1.82) is 0 Å². The summed E-state index contributed by atoms with van der Waals surface area (Å²) in [4.78, 5) is 3.78. The third kappa shape index (κ3) is 5.58. The molecule has 0 unspecified atom stereocenters. The van der Waals surface area contributed by atoms with Gasteiger partial charge in [0.1, 0.15) is 0 Å². The summed E-state index contributed by atoms with van der Waals surface area (Å²) in [5.41, 5.74) is 0. The van der Waals surface area contributed by atoms with Crippen LogP contribution in [-0.4, -0.2) is 82.4 Å². The van der Waals surface area contributed by atoms with Gasteiger partial charge in [-0.3, -0.25) is 9.54 Å². The predicted molar refractivity (Wildman–Crippen MR) is 95.9 cm³/mol. The maximum Gasteiger partial charge on any atom is 0.438 e. The van der Waals surface area contributed by atoms with Gasteiger partial charge in [0.25, 0.3) is 0 Å². The second-order valence-corrected chi connectivity index (χ2v) is 9.54. The number of aromatic nitrogens is 1. The highest BCUT2D eigenvalue weighted by Crippen LogP contribution is 2.67. The molecule has 1 rings (SSSR count). The van der Waals surface area contributed by atoms with E-state index >= 15 is 0 Å². The molecule has 1 aromatic heterocycles. The van der Waals surface area contributed by atoms with Crippen molar-refractivity contribution in [2.24, 2.45) is 0 Å². The quantitative estimate of drug-likeness (QED) is 0.186. The molecular formula is C17H9F22NO3S. The van der Waals surface area contributed by atoms with Crippen LogP contribution in [0.2, 0.25) is 0 Å². The molecule has 0 saturated heterocycles. The Kier molecular flexibility index (Phi) is 10.5. The Balaban J connectivity index is 0.00000272. The van der Waals surface area contributed by atoms with E-state index in [0.29, 0.717) is 0 Å². The van der Waals surface area contributed by atoms with Crippen LogP contribution in [0.1, 0.15) is 6.92 Å². The fourth-order valence-corrected chi connectivity index (χ4v) is 2.77. The summed E-state index contributed by atoms with van der Waals surface area (Å²) < 4.78 is 318. The van der Waals surface area contributed by atoms with Gasteiger partial charge >= 0.3 is 74.6 Å². The molecule has 0 aliphatic heterocycles. The van der Waals surface area contributed by atoms with Crippen molar-refractivity contribution in [3.63, 3.8) is 0 Å². The molecule has 0 spiro atoms. The molecule has 0 amide bonds. The first-order chi connectivity index (χ1) is 18.8. The van der Waals surface area contributed by atoms with E-state index in [1.165, 1.54) is 0 Å². The molecule has 1 aromatic rings. The molecule has 1 N–H and O–H groups in total. The first kappa shape index (κ1) is 41.5. The maximum atomic E-state index is 13.5. The lowest BCUT2D eigenvalue weighted by Crippen LogP contribution is -2.78. The van der Waals surface area contributed by atoms with E-state index in [1.807, 2.05) is 18.2 Å². The molecule has 0 aliphatic rings. The molecular weight excluding hydrogens is 716 g/mol. The number of alkyl halides is 22. The molecule has 27 heteroatoms. The number of hydrogen-bond donors (Lipinski definition) is 1. The minimum absolute atomic E-state index is 1.49. The molecule has 1 heterocycles. The highest BCUT2D eigenvalue weighted by molar-refractivity contribution is 7.87. The van der Waals surface area contributed by atoms with E-state index in [-0.39, 0.29) is 0 Å². The van der Waals surface area contributed by atoms with Crippen molar-refractivity contribution < 1.29 is 110 Å². The van der Waals surface area contributed by atoms with Crippen LogP contribution in [0.5, 0.6) is 0 Å². The van der Waals surface area contributed by atoms with Crippen LogP contribution in [-0.2, 0) is 10.1 Å². The minimum atomic E-state index is -9.46. The number of rotatable bonds is 11. The van der Waals surface area contributed by atoms with Gasteiger partial charge in [0.15, 0.2) is 0 Å². The topological polar surface area (TPSA) is 67.3 Å². The number of nitrogens with zero attached hydrogens (tertiary/aromatic N) is 1. The standard InChI is InChI=1S/C12H4F22O3S.C5H5N/c1-2(13,14)3(15,16)4(17,18)5(19,20)6(21,22)7(23,24)8(25,26)9(27,28)10(29,30)11(31,32)12(33,34)38(35,36)37;1-2-4-6-5-3-1/h1H3,(H,35,36,37);1-5H. The monoisotopic (exact) mass is 725 g/mol. The van der Waals surface area contributed by atoms with Gasteiger partial charge in [0.05, 0.1) is 0 Å². The second-order valence-electron chi connectivity index (χ2n) is 8.07. The Bertz CT molecular complexity index is 1220. The lowest BCUT2D eigenvalue weighted by molar-refractivity contribution is -0.471. The van der Waals surface area contributed by atoms with Crippen molar-refractivity contribution in [1.82, 2.24) is 4.98 Å². The maximum absolute atomic E-state index is 13.5. The van der Waals surface area contributed by atoms with E-state index < -0.39 is 81.5 Å². The predicted octanol–water partition coefficient (Wildman–Crippen LogP) is 7.92. The third-order valence-corrected chi connectivity index (χ3v) is 5.87. The van der Waals surface area contributed by atoms with Crippen molar-refractivity contribution >= 4 is 10.1 Å². The normalized spacial score (nSPS) is 15.9. The number of pyridine rings is 1. The van der Waals surface area contributed by atoms with E-state index in [1.54, 1.807) is 12.4 Å². The Hall–Kier alpha value is -2.48. The Morgan fingerprint density at radius 1 is 0.432 bits per heavy atom. The van der Waals surface area contributed by atoms with Crippen LogP contribution in [0.25, 0.3) is 0 Å². The van der Waals surface area contributed by atoms with Crippen molar-refractivity contribution in [2.45, 2.75) is 71.4 Å². The lowest BCUT2D eigenvalue weighted by Gasteiger charge is -2.45. The number of halogens is 22. The molecule has 0 radical (unpaired) electrons. The third-order valence-electron chi connectivity index (χ3n) is 4.96. The summed E-state index contributed by atoms with van der Waals surface area (Å²) in [5.74, 6) is -88.0. The second kappa shape index (κ2) is 11.1. The van der Waals surface area contributed by atoms with Gasteiger partial charge in [-0.1, -0.05) is 6.07 Å². The SMILES string of the molecule is CC(F)(F)C(F)(F)C(F)(F)C(F)(F)C(F)(F)C(F)(F)C(F)(F)C(F)(F)C(F)(F)C(F)(F)C(F)(F)S(=O)(=O)O.c1ccncc1. The molecule has 0 fully saturated rings. The van der Waals surface area contributed by atoms with Crippen molar-refractivity contribution in [2.75, 3.05) is 0 Å². The van der Waals surface area contributed by atoms with Gasteiger partial charge in [-0.05, 0) is 12.1 Å². The van der Waals surface area contributed by atoms with E-state index in [0.717, 1.165) is 0 Å². The molecule has 0 bridgehead atoms. The summed E-state index contributed by atoms with van der Waals surface area (Å²) in [5, 5.41) is -8.10. The lowest BCUT2D eigenvalue weighted by atomic mass is 9.85. The largest absolute Gasteiger partial charge is 0.438 e. The summed E-state index contributed by atoms with van der Waals surface area (Å²) >= 11 is 0. The zero-order valence-corrected chi connectivity index (χ0v) is 20.6. The minimum Gasteiger partial charge on any atom is -0.281 e. The summed E-state index contributed by atoms with van der Waals surface area (Å²) in [6.07, 6.45) is 3.50. The van der Waals surface area contributed by atoms with E-state index in [9.17, 15) is 105 Å². The van der Waals surface area contributed by atoms with Gasteiger partial charge < -0.3 is 0 Å². The van der Waals surface area contributed by atoms with Crippen LogP contribution in [0.15, 0.2) is 30.6 Å². The van der Waals surface area contributed by atoms with E-state index in [4.69, 9.17) is 4.55 Å². The molecule has 0 aliphatic carbocycles. The van der Waals surface area contributed by atoms with Crippen LogP contribution in [0, 0.1) is 0 Å². The zero-order chi connectivity index (χ0) is 36.2. The van der Waals surface area contributed by atoms with Crippen LogP contribution >= 0.6 is 0 Å². The van der Waals surface area contributed by atoms with Crippen LogP contribution < -0.4 is 0 Å². The van der Waals surface area contributed by atoms with Crippen LogP contribution in [0.3, 0.4) is 0 Å². The first-order valence-electron chi connectivity index (χ1n) is 9.73. The molecule has 0 saturated carbocycles. The zero-order valence-electron chi connectivity index (χ0n) is 19.8. The van der Waals surface area contributed by atoms with Crippen LogP contribution in [0.4, 0.5) is 96.6 Å². The van der Waals surface area contributed by atoms with Gasteiger partial charge in [-0.15, -0.1) is 0 Å². The highest BCUT2D eigenvalue weighted by Gasteiger charge is 2.99. The average Bonchev–Trinajstić information content (AvgIpc) is 2.82. The molecule has 260 valence electrons. The van der Waals surface area contributed by atoms with Gasteiger partial charge in [0.2, 0.25) is 0 Å². The summed E-state index contributed by atoms with van der Waals surface area (Å²) in [7, 11) is -8.14.